The average Bonchev–Trinajstić information content (AvgIpc) is 2.33. The fraction of sp³-hybridized carbons (Fsp3) is 0.571. The maximum absolute atomic E-state index is 6.32. The van der Waals surface area contributed by atoms with Gasteiger partial charge in [0.05, 0.1) is 0 Å². The number of benzene rings is 1. The molecule has 1 aliphatic heterocycles. The molecule has 0 aliphatic carbocycles. The molecule has 100 valence electrons. The first-order valence-corrected chi connectivity index (χ1v) is 13.5. The second-order valence-electron chi connectivity index (χ2n) is 6.15. The van der Waals surface area contributed by atoms with Crippen molar-refractivity contribution in [3.63, 3.8) is 0 Å². The Hall–Kier alpha value is -0.426. The Balaban J connectivity index is 2.03. The van der Waals surface area contributed by atoms with Crippen LogP contribution in [-0.2, 0) is 11.0 Å². The summed E-state index contributed by atoms with van der Waals surface area (Å²) in [7, 11) is -2.96. The Bertz CT molecular complexity index is 396. The van der Waals surface area contributed by atoms with Crippen LogP contribution in [0, 0.1) is 0 Å². The van der Waals surface area contributed by atoms with Crippen LogP contribution in [0.25, 0.3) is 0 Å². The maximum Gasteiger partial charge on any atom is 0.191 e. The minimum absolute atomic E-state index is 0.464. The van der Waals surface area contributed by atoms with Crippen LogP contribution in [0.15, 0.2) is 30.3 Å². The minimum Gasteiger partial charge on any atom is -0.416 e. The topological polar surface area (TPSA) is 21.3 Å². The molecule has 1 aromatic carbocycles. The number of hydrogen-bond donors (Lipinski definition) is 1. The summed E-state index contributed by atoms with van der Waals surface area (Å²) >= 11 is 0. The molecule has 2 unspecified atom stereocenters. The van der Waals surface area contributed by atoms with E-state index < -0.39 is 15.6 Å². The molecule has 2 nitrogen and oxygen atoms in total. The molecule has 0 bridgehead atoms. The van der Waals surface area contributed by atoms with Crippen molar-refractivity contribution in [2.45, 2.75) is 51.7 Å². The molecule has 0 saturated carbocycles. The third-order valence-corrected chi connectivity index (χ3v) is 19.9. The predicted octanol–water partition coefficient (Wildman–Crippen LogP) is 3.44. The molecule has 1 N–H and O–H groups in total. The van der Waals surface area contributed by atoms with Crippen molar-refractivity contribution in [3.05, 3.63) is 35.9 Å². The summed E-state index contributed by atoms with van der Waals surface area (Å²) < 4.78 is 6.32. The molecular weight excluding hydrogens is 254 g/mol. The van der Waals surface area contributed by atoms with Crippen LogP contribution in [0.2, 0.25) is 25.7 Å². The highest BCUT2D eigenvalue weighted by molar-refractivity contribution is 7.37. The molecule has 1 aromatic rings. The largest absolute Gasteiger partial charge is 0.416 e. The average molecular weight is 280 g/mol. The van der Waals surface area contributed by atoms with Crippen LogP contribution in [0.5, 0.6) is 0 Å². The highest BCUT2D eigenvalue weighted by Crippen LogP contribution is 2.31. The normalized spacial score (nSPS) is 31.2. The van der Waals surface area contributed by atoms with Gasteiger partial charge < -0.3 is 9.41 Å². The van der Waals surface area contributed by atoms with Crippen LogP contribution in [0.4, 0.5) is 0 Å². The van der Waals surface area contributed by atoms with Crippen molar-refractivity contribution >= 4 is 15.6 Å². The van der Waals surface area contributed by atoms with Gasteiger partial charge in [-0.15, -0.1) is 0 Å². The van der Waals surface area contributed by atoms with E-state index in [1.165, 1.54) is 18.0 Å². The summed E-state index contributed by atoms with van der Waals surface area (Å²) in [5, 5.41) is 0. The molecule has 0 aromatic heterocycles. The Kier molecular flexibility index (Phi) is 4.11. The van der Waals surface area contributed by atoms with Gasteiger partial charge in [0.1, 0.15) is 7.75 Å². The fourth-order valence-electron chi connectivity index (χ4n) is 2.68. The molecule has 2 atom stereocenters. The molecule has 2 rings (SSSR count). The molecule has 0 radical (unpaired) electrons. The first-order chi connectivity index (χ1) is 8.43. The first-order valence-electron chi connectivity index (χ1n) is 6.90. The third-order valence-electron chi connectivity index (χ3n) is 4.40. The van der Waals surface area contributed by atoms with E-state index in [4.69, 9.17) is 4.43 Å². The van der Waals surface area contributed by atoms with E-state index in [2.05, 4.69) is 61.9 Å². The second-order valence-corrected chi connectivity index (χ2v) is 19.8. The van der Waals surface area contributed by atoms with Crippen molar-refractivity contribution in [2.24, 2.45) is 0 Å². The smallest absolute Gasteiger partial charge is 0.191 e. The number of rotatable bonds is 3. The Morgan fingerprint density at radius 3 is 2.50 bits per heavy atom. The lowest BCUT2D eigenvalue weighted by Gasteiger charge is -2.47. The summed E-state index contributed by atoms with van der Waals surface area (Å²) in [6.45, 7) is 10.5. The van der Waals surface area contributed by atoms with E-state index in [0.29, 0.717) is 6.10 Å². The van der Waals surface area contributed by atoms with E-state index in [-0.39, 0.29) is 0 Å². The van der Waals surface area contributed by atoms with Crippen molar-refractivity contribution in [2.75, 3.05) is 0 Å². The summed E-state index contributed by atoms with van der Waals surface area (Å²) in [5.74, 6) is 0. The second kappa shape index (κ2) is 5.29. The lowest BCUT2D eigenvalue weighted by atomic mass is 10.2. The van der Waals surface area contributed by atoms with E-state index in [1.807, 2.05) is 0 Å². The van der Waals surface area contributed by atoms with Crippen molar-refractivity contribution in [1.29, 1.82) is 0 Å². The Morgan fingerprint density at radius 2 is 1.89 bits per heavy atom. The van der Waals surface area contributed by atoms with Crippen LogP contribution >= 0.6 is 0 Å². The lowest BCUT2D eigenvalue weighted by molar-refractivity contribution is 0.205. The van der Waals surface area contributed by atoms with Crippen molar-refractivity contribution in [3.8, 4) is 0 Å². The van der Waals surface area contributed by atoms with E-state index >= 15 is 0 Å². The summed E-state index contributed by atoms with van der Waals surface area (Å²) in [5.41, 5.74) is 1.38. The standard InChI is InChI=1S/C14H25NOSi2/c1-13-10-11-18(4,17(2,3)16-13)15-12-14-8-6-5-7-9-14/h5-9,13,15H,10-12H2,1-4H3. The molecule has 0 amide bonds. The summed E-state index contributed by atoms with van der Waals surface area (Å²) in [6, 6.07) is 12.1. The van der Waals surface area contributed by atoms with Gasteiger partial charge in [0.2, 0.25) is 0 Å². The van der Waals surface area contributed by atoms with E-state index in [9.17, 15) is 0 Å². The quantitative estimate of drug-likeness (QED) is 0.856. The van der Waals surface area contributed by atoms with Crippen LogP contribution in [0.1, 0.15) is 18.9 Å². The van der Waals surface area contributed by atoms with Crippen LogP contribution < -0.4 is 4.98 Å². The Morgan fingerprint density at radius 1 is 1.22 bits per heavy atom. The molecule has 4 heteroatoms. The summed E-state index contributed by atoms with van der Waals surface area (Å²) in [6.07, 6.45) is 1.69. The van der Waals surface area contributed by atoms with Crippen molar-refractivity contribution in [1.82, 2.24) is 4.98 Å². The van der Waals surface area contributed by atoms with Gasteiger partial charge in [-0.05, 0) is 38.0 Å². The van der Waals surface area contributed by atoms with Gasteiger partial charge in [0.15, 0.2) is 7.83 Å². The number of nitrogens with one attached hydrogen (secondary N) is 1. The van der Waals surface area contributed by atoms with Gasteiger partial charge in [-0.1, -0.05) is 36.9 Å². The van der Waals surface area contributed by atoms with Gasteiger partial charge >= 0.3 is 0 Å². The van der Waals surface area contributed by atoms with E-state index in [1.54, 1.807) is 0 Å². The summed E-state index contributed by atoms with van der Waals surface area (Å²) in [4.78, 5) is 3.90. The molecule has 1 aliphatic rings. The minimum atomic E-state index is -1.53. The molecular formula is C14H25NOSi2. The van der Waals surface area contributed by atoms with Crippen LogP contribution in [-0.4, -0.2) is 21.7 Å². The molecule has 1 saturated heterocycles. The molecule has 0 spiro atoms. The van der Waals surface area contributed by atoms with Gasteiger partial charge in [-0.25, -0.2) is 0 Å². The monoisotopic (exact) mass is 279 g/mol. The zero-order chi connectivity index (χ0) is 13.2. The number of hydrogen-bond acceptors (Lipinski definition) is 2. The van der Waals surface area contributed by atoms with Gasteiger partial charge in [0.25, 0.3) is 0 Å². The predicted molar refractivity (Wildman–Crippen MR) is 82.4 cm³/mol. The SMILES string of the molecule is CC1CC[Si](C)(NCc2ccccc2)[Si](C)(C)O1. The van der Waals surface area contributed by atoms with E-state index in [0.717, 1.165) is 6.54 Å². The molecule has 18 heavy (non-hydrogen) atoms. The highest BCUT2D eigenvalue weighted by Gasteiger charge is 2.50. The maximum atomic E-state index is 6.32. The molecule has 1 heterocycles. The van der Waals surface area contributed by atoms with Crippen molar-refractivity contribution < 1.29 is 4.43 Å². The van der Waals surface area contributed by atoms with Gasteiger partial charge in [0, 0.05) is 12.6 Å². The van der Waals surface area contributed by atoms with Gasteiger partial charge in [-0.3, -0.25) is 0 Å². The zero-order valence-corrected chi connectivity index (χ0v) is 14.0. The zero-order valence-electron chi connectivity index (χ0n) is 12.0. The third kappa shape index (κ3) is 2.93. The fourth-order valence-corrected chi connectivity index (χ4v) is 12.0. The highest BCUT2D eigenvalue weighted by atomic mass is 29.3. The Labute approximate surface area is 113 Å². The van der Waals surface area contributed by atoms with Gasteiger partial charge in [-0.2, -0.15) is 0 Å². The molecule has 1 fully saturated rings. The van der Waals surface area contributed by atoms with Crippen LogP contribution in [0.3, 0.4) is 0 Å². The first kappa shape index (κ1) is 14.0. The lowest BCUT2D eigenvalue weighted by Crippen LogP contribution is -2.70.